The Morgan fingerprint density at radius 3 is 2.81 bits per heavy atom. The van der Waals surface area contributed by atoms with Gasteiger partial charge >= 0.3 is 5.69 Å². The zero-order valence-corrected chi connectivity index (χ0v) is 11.9. The molecule has 0 unspecified atom stereocenters. The Bertz CT molecular complexity index is 743. The molecule has 8 nitrogen and oxygen atoms in total. The van der Waals surface area contributed by atoms with Crippen molar-refractivity contribution >= 4 is 5.91 Å². The van der Waals surface area contributed by atoms with Crippen LogP contribution < -0.4 is 11.2 Å². The van der Waals surface area contributed by atoms with Gasteiger partial charge in [0.05, 0.1) is 12.6 Å². The van der Waals surface area contributed by atoms with Gasteiger partial charge in [0.15, 0.2) is 0 Å². The minimum atomic E-state index is -0.582. The van der Waals surface area contributed by atoms with Gasteiger partial charge in [-0.1, -0.05) is 0 Å². The minimum Gasteiger partial charge on any atom is -0.345 e. The lowest BCUT2D eigenvalue weighted by atomic mass is 10.2. The fourth-order valence-corrected chi connectivity index (χ4v) is 1.89. The largest absolute Gasteiger partial charge is 0.345 e. The summed E-state index contributed by atoms with van der Waals surface area (Å²) in [4.78, 5) is 40.5. The molecule has 2 heterocycles. The summed E-state index contributed by atoms with van der Waals surface area (Å²) in [6.07, 6.45) is 5.57. The fourth-order valence-electron chi connectivity index (χ4n) is 1.89. The van der Waals surface area contributed by atoms with Crippen LogP contribution in [0.2, 0.25) is 0 Å². The van der Waals surface area contributed by atoms with Gasteiger partial charge in [-0.15, -0.1) is 0 Å². The molecule has 2 N–H and O–H groups in total. The number of aromatic nitrogens is 4. The molecule has 21 heavy (non-hydrogen) atoms. The van der Waals surface area contributed by atoms with Gasteiger partial charge in [0.1, 0.15) is 0 Å². The monoisotopic (exact) mass is 291 g/mol. The van der Waals surface area contributed by atoms with Crippen molar-refractivity contribution in [1.29, 1.82) is 0 Å². The highest BCUT2D eigenvalue weighted by molar-refractivity contribution is 5.78. The van der Waals surface area contributed by atoms with E-state index in [1.165, 1.54) is 6.20 Å². The number of hydrogen-bond acceptors (Lipinski definition) is 4. The van der Waals surface area contributed by atoms with E-state index in [2.05, 4.69) is 15.1 Å². The molecule has 8 heteroatoms. The molecule has 0 spiro atoms. The number of rotatable bonds is 5. The normalized spacial score (nSPS) is 10.6. The van der Waals surface area contributed by atoms with E-state index in [1.54, 1.807) is 22.8 Å². The lowest BCUT2D eigenvalue weighted by Crippen LogP contribution is -2.33. The van der Waals surface area contributed by atoms with Crippen LogP contribution in [0.25, 0.3) is 0 Å². The topological polar surface area (TPSA) is 104 Å². The molecule has 0 fully saturated rings. The third kappa shape index (κ3) is 3.91. The molecule has 0 aliphatic heterocycles. The number of aryl methyl sites for hydroxylation is 1. The summed E-state index contributed by atoms with van der Waals surface area (Å²) in [5.41, 5.74) is 0.167. The Morgan fingerprint density at radius 2 is 2.19 bits per heavy atom. The highest BCUT2D eigenvalue weighted by atomic mass is 16.2. The van der Waals surface area contributed by atoms with Crippen LogP contribution in [0, 0.1) is 0 Å². The molecule has 1 amide bonds. The van der Waals surface area contributed by atoms with Gasteiger partial charge in [-0.25, -0.2) is 4.79 Å². The van der Waals surface area contributed by atoms with Gasteiger partial charge in [-0.05, 0) is 12.0 Å². The first kappa shape index (κ1) is 14.8. The molecule has 0 bridgehead atoms. The zero-order chi connectivity index (χ0) is 15.4. The van der Waals surface area contributed by atoms with E-state index >= 15 is 0 Å². The van der Waals surface area contributed by atoms with Crippen LogP contribution in [0.3, 0.4) is 0 Å². The number of aromatic amines is 2. The molecule has 112 valence electrons. The van der Waals surface area contributed by atoms with E-state index in [0.717, 1.165) is 5.56 Å². The first-order valence-electron chi connectivity index (χ1n) is 6.48. The van der Waals surface area contributed by atoms with Gasteiger partial charge < -0.3 is 9.88 Å². The molecule has 0 aliphatic carbocycles. The van der Waals surface area contributed by atoms with Gasteiger partial charge in [0, 0.05) is 38.6 Å². The number of hydrogen-bond donors (Lipinski definition) is 2. The average Bonchev–Trinajstić information content (AvgIpc) is 2.85. The average molecular weight is 291 g/mol. The number of carbonyl (C=O) groups excluding carboxylic acids is 1. The first-order chi connectivity index (χ1) is 9.95. The van der Waals surface area contributed by atoms with Crippen molar-refractivity contribution in [3.63, 3.8) is 0 Å². The lowest BCUT2D eigenvalue weighted by molar-refractivity contribution is -0.129. The van der Waals surface area contributed by atoms with Gasteiger partial charge in [0.25, 0.3) is 5.56 Å². The first-order valence-corrected chi connectivity index (χ1v) is 6.48. The molecular weight excluding hydrogens is 274 g/mol. The summed E-state index contributed by atoms with van der Waals surface area (Å²) in [5, 5.41) is 4.06. The quantitative estimate of drug-likeness (QED) is 0.740. The van der Waals surface area contributed by atoms with Gasteiger partial charge in [-0.2, -0.15) is 5.10 Å². The summed E-state index contributed by atoms with van der Waals surface area (Å²) in [6, 6.07) is 0. The van der Waals surface area contributed by atoms with Crippen molar-refractivity contribution in [2.24, 2.45) is 7.05 Å². The maximum absolute atomic E-state index is 12.0. The molecule has 0 aromatic carbocycles. The van der Waals surface area contributed by atoms with Crippen LogP contribution in [0.4, 0.5) is 0 Å². The molecule has 0 aliphatic rings. The molecule has 2 aromatic heterocycles. The second kappa shape index (κ2) is 6.21. The third-order valence-electron chi connectivity index (χ3n) is 3.16. The predicted octanol–water partition coefficient (Wildman–Crippen LogP) is -0.960. The molecule has 0 atom stereocenters. The second-order valence-corrected chi connectivity index (χ2v) is 4.86. The Kier molecular flexibility index (Phi) is 4.36. The van der Waals surface area contributed by atoms with E-state index < -0.39 is 11.2 Å². The van der Waals surface area contributed by atoms with Crippen molar-refractivity contribution in [2.45, 2.75) is 12.8 Å². The molecule has 0 saturated carbocycles. The number of nitrogens with one attached hydrogen (secondary N) is 2. The number of amides is 1. The number of nitrogens with zero attached hydrogens (tertiary/aromatic N) is 3. The highest BCUT2D eigenvalue weighted by Crippen LogP contribution is 2.00. The third-order valence-corrected chi connectivity index (χ3v) is 3.16. The van der Waals surface area contributed by atoms with Crippen LogP contribution in [0.15, 0.2) is 28.2 Å². The maximum atomic E-state index is 12.0. The predicted molar refractivity (Wildman–Crippen MR) is 75.9 cm³/mol. The summed E-state index contributed by atoms with van der Waals surface area (Å²) >= 11 is 0. The molecule has 0 saturated heterocycles. The van der Waals surface area contributed by atoms with E-state index in [9.17, 15) is 14.4 Å². The van der Waals surface area contributed by atoms with E-state index in [0.29, 0.717) is 13.0 Å². The van der Waals surface area contributed by atoms with E-state index in [4.69, 9.17) is 0 Å². The Labute approximate surface area is 120 Å². The van der Waals surface area contributed by atoms with Crippen LogP contribution in [-0.2, 0) is 24.7 Å². The lowest BCUT2D eigenvalue weighted by Gasteiger charge is -2.16. The van der Waals surface area contributed by atoms with Crippen molar-refractivity contribution < 1.29 is 4.79 Å². The van der Waals surface area contributed by atoms with Crippen molar-refractivity contribution in [1.82, 2.24) is 24.6 Å². The van der Waals surface area contributed by atoms with Crippen molar-refractivity contribution in [2.75, 3.05) is 13.6 Å². The number of likely N-dealkylation sites (N-methyl/N-ethyl adjacent to an activating group) is 1. The fraction of sp³-hybridized carbons (Fsp3) is 0.385. The summed E-state index contributed by atoms with van der Waals surface area (Å²) < 4.78 is 1.71. The van der Waals surface area contributed by atoms with Crippen LogP contribution >= 0.6 is 0 Å². The minimum absolute atomic E-state index is 0.0460. The molecule has 2 rings (SSSR count). The Balaban J connectivity index is 1.93. The number of carbonyl (C=O) groups is 1. The molecule has 2 aromatic rings. The standard InChI is InChI=1S/C13H17N5O3/c1-17(4-3-9-6-15-18(2)8-9)11(19)5-10-7-14-13(21)16-12(10)20/h6-8H,3-5H2,1-2H3,(H2,14,16,20,21). The summed E-state index contributed by atoms with van der Waals surface area (Å²) in [5.74, 6) is -0.184. The highest BCUT2D eigenvalue weighted by Gasteiger charge is 2.12. The van der Waals surface area contributed by atoms with Crippen LogP contribution in [0.1, 0.15) is 11.1 Å². The summed E-state index contributed by atoms with van der Waals surface area (Å²) in [6.45, 7) is 0.534. The Morgan fingerprint density at radius 1 is 1.43 bits per heavy atom. The maximum Gasteiger partial charge on any atom is 0.325 e. The van der Waals surface area contributed by atoms with Crippen molar-refractivity contribution in [3.8, 4) is 0 Å². The van der Waals surface area contributed by atoms with Gasteiger partial charge in [0.2, 0.25) is 5.91 Å². The molecule has 0 radical (unpaired) electrons. The smallest absolute Gasteiger partial charge is 0.325 e. The Hall–Kier alpha value is -2.64. The zero-order valence-electron chi connectivity index (χ0n) is 11.9. The van der Waals surface area contributed by atoms with Crippen LogP contribution in [0.5, 0.6) is 0 Å². The van der Waals surface area contributed by atoms with E-state index in [1.807, 2.05) is 13.2 Å². The van der Waals surface area contributed by atoms with Crippen molar-refractivity contribution in [3.05, 3.63) is 50.6 Å². The summed E-state index contributed by atoms with van der Waals surface area (Å²) in [7, 11) is 3.51. The second-order valence-electron chi connectivity index (χ2n) is 4.86. The number of H-pyrrole nitrogens is 2. The van der Waals surface area contributed by atoms with Crippen LogP contribution in [-0.4, -0.2) is 44.1 Å². The molecular formula is C13H17N5O3. The SMILES string of the molecule is CN(CCc1cnn(C)c1)C(=O)Cc1c[nH]c(=O)[nH]c1=O. The van der Waals surface area contributed by atoms with E-state index in [-0.39, 0.29) is 17.9 Å². The van der Waals surface area contributed by atoms with Gasteiger partial charge in [-0.3, -0.25) is 19.3 Å².